The normalized spacial score (nSPS) is 9.09. The Labute approximate surface area is 62.3 Å². The molecule has 6 heteroatoms. The van der Waals surface area contributed by atoms with Crippen LogP contribution in [0.1, 0.15) is 0 Å². The Morgan fingerprint density at radius 1 is 1.73 bits per heavy atom. The van der Waals surface area contributed by atoms with Crippen LogP contribution in [-0.4, -0.2) is 33.0 Å². The van der Waals surface area contributed by atoms with Gasteiger partial charge in [0.15, 0.2) is 5.82 Å². The van der Waals surface area contributed by atoms with E-state index in [2.05, 4.69) is 20.7 Å². The van der Waals surface area contributed by atoms with Gasteiger partial charge in [0.05, 0.1) is 6.20 Å². The van der Waals surface area contributed by atoms with E-state index in [0.29, 0.717) is 5.82 Å². The minimum Gasteiger partial charge on any atom is -0.480 e. The van der Waals surface area contributed by atoms with E-state index >= 15 is 0 Å². The molecule has 0 aromatic carbocycles. The number of nitrogens with zero attached hydrogens (tertiary/aromatic N) is 3. The van der Waals surface area contributed by atoms with Gasteiger partial charge in [0.1, 0.15) is 6.54 Å². The molecule has 0 atom stereocenters. The first-order valence-corrected chi connectivity index (χ1v) is 2.89. The average Bonchev–Trinajstić information content (AvgIpc) is 2.03. The van der Waals surface area contributed by atoms with Crippen LogP contribution in [-0.2, 0) is 4.79 Å². The smallest absolute Gasteiger partial charge is 0.322 e. The van der Waals surface area contributed by atoms with Crippen LogP contribution >= 0.6 is 0 Å². The quantitative estimate of drug-likeness (QED) is 0.602. The molecule has 0 radical (unpaired) electrons. The summed E-state index contributed by atoms with van der Waals surface area (Å²) >= 11 is 0. The van der Waals surface area contributed by atoms with Crippen LogP contribution in [0, 0.1) is 0 Å². The van der Waals surface area contributed by atoms with Gasteiger partial charge in [-0.3, -0.25) is 4.79 Å². The van der Waals surface area contributed by atoms with Crippen molar-refractivity contribution in [3.05, 3.63) is 12.3 Å². The summed E-state index contributed by atoms with van der Waals surface area (Å²) in [5, 5.41) is 21.0. The summed E-state index contributed by atoms with van der Waals surface area (Å²) in [5.41, 5.74) is 0. The second kappa shape index (κ2) is 3.45. The van der Waals surface area contributed by atoms with Gasteiger partial charge in [-0.05, 0) is 5.21 Å². The van der Waals surface area contributed by atoms with Crippen molar-refractivity contribution in [1.29, 1.82) is 0 Å². The maximum atomic E-state index is 10.0. The first-order valence-electron chi connectivity index (χ1n) is 2.89. The van der Waals surface area contributed by atoms with E-state index in [1.54, 1.807) is 0 Å². The molecule has 58 valence electrons. The van der Waals surface area contributed by atoms with Gasteiger partial charge in [0, 0.05) is 6.07 Å². The Morgan fingerprint density at radius 2 is 2.55 bits per heavy atom. The Kier molecular flexibility index (Phi) is 2.32. The first-order chi connectivity index (χ1) is 5.29. The first kappa shape index (κ1) is 7.39. The summed E-state index contributed by atoms with van der Waals surface area (Å²) in [6.07, 6.45) is 1.43. The van der Waals surface area contributed by atoms with Crippen molar-refractivity contribution in [2.75, 3.05) is 11.9 Å². The summed E-state index contributed by atoms with van der Waals surface area (Å²) < 4.78 is 0. The van der Waals surface area contributed by atoms with Gasteiger partial charge in [-0.15, -0.1) is 10.2 Å². The molecule has 1 rings (SSSR count). The van der Waals surface area contributed by atoms with Crippen LogP contribution in [0.3, 0.4) is 0 Å². The van der Waals surface area contributed by atoms with Gasteiger partial charge < -0.3 is 10.4 Å². The minimum absolute atomic E-state index is 0.168. The molecule has 0 bridgehead atoms. The summed E-state index contributed by atoms with van der Waals surface area (Å²) in [5.74, 6) is -0.536. The van der Waals surface area contributed by atoms with Crippen molar-refractivity contribution in [3.63, 3.8) is 0 Å². The van der Waals surface area contributed by atoms with Crippen molar-refractivity contribution in [1.82, 2.24) is 15.4 Å². The largest absolute Gasteiger partial charge is 0.480 e. The third-order valence-corrected chi connectivity index (χ3v) is 0.924. The molecular weight excluding hydrogens is 148 g/mol. The Hall–Kier alpha value is -1.72. The second-order valence-electron chi connectivity index (χ2n) is 1.75. The Bertz CT molecular complexity index is 237. The number of hydrogen-bond donors (Lipinski definition) is 2. The maximum Gasteiger partial charge on any atom is 0.322 e. The highest BCUT2D eigenvalue weighted by atomic mass is 16.4. The monoisotopic (exact) mass is 154 g/mol. The van der Waals surface area contributed by atoms with Gasteiger partial charge >= 0.3 is 5.97 Å². The average molecular weight is 154 g/mol. The summed E-state index contributed by atoms with van der Waals surface area (Å²) in [4.78, 5) is 10.0. The number of carboxylic acids is 1. The highest BCUT2D eigenvalue weighted by Crippen LogP contribution is 1.93. The maximum absolute atomic E-state index is 10.0. The number of hydrogen-bond acceptors (Lipinski definition) is 5. The number of carbonyl (C=O) groups is 1. The SMILES string of the molecule is O=C(O)CNc1ccnnn1. The minimum atomic E-state index is -0.941. The molecule has 2 N–H and O–H groups in total. The lowest BCUT2D eigenvalue weighted by Gasteiger charge is -1.97. The van der Waals surface area contributed by atoms with E-state index in [1.165, 1.54) is 12.3 Å². The fourth-order valence-corrected chi connectivity index (χ4v) is 0.502. The summed E-state index contributed by atoms with van der Waals surface area (Å²) in [6, 6.07) is 1.54. The molecule has 0 saturated heterocycles. The lowest BCUT2D eigenvalue weighted by molar-refractivity contribution is -0.134. The molecule has 1 heterocycles. The number of nitrogens with one attached hydrogen (secondary N) is 1. The number of carboxylic acid groups (broad SMARTS) is 1. The molecule has 0 fully saturated rings. The Balaban J connectivity index is 2.45. The highest BCUT2D eigenvalue weighted by Gasteiger charge is 1.96. The molecule has 1 aromatic heterocycles. The van der Waals surface area contributed by atoms with Gasteiger partial charge in [-0.25, -0.2) is 0 Å². The number of aromatic nitrogens is 3. The van der Waals surface area contributed by atoms with E-state index < -0.39 is 5.97 Å². The van der Waals surface area contributed by atoms with Gasteiger partial charge in [-0.1, -0.05) is 0 Å². The fourth-order valence-electron chi connectivity index (χ4n) is 0.502. The van der Waals surface area contributed by atoms with Crippen molar-refractivity contribution in [2.24, 2.45) is 0 Å². The zero-order chi connectivity index (χ0) is 8.10. The zero-order valence-corrected chi connectivity index (χ0v) is 5.56. The molecule has 6 nitrogen and oxygen atoms in total. The van der Waals surface area contributed by atoms with Crippen LogP contribution in [0.15, 0.2) is 12.3 Å². The van der Waals surface area contributed by atoms with Crippen molar-refractivity contribution in [3.8, 4) is 0 Å². The van der Waals surface area contributed by atoms with Crippen LogP contribution in [0.4, 0.5) is 5.82 Å². The molecule has 0 aliphatic carbocycles. The third-order valence-electron chi connectivity index (χ3n) is 0.924. The molecule has 0 unspecified atom stereocenters. The van der Waals surface area contributed by atoms with Gasteiger partial charge in [0.2, 0.25) is 0 Å². The molecule has 0 amide bonds. The lowest BCUT2D eigenvalue weighted by atomic mass is 10.5. The predicted molar refractivity (Wildman–Crippen MR) is 36.0 cm³/mol. The Morgan fingerprint density at radius 3 is 3.09 bits per heavy atom. The number of rotatable bonds is 3. The molecule has 0 aliphatic heterocycles. The van der Waals surface area contributed by atoms with E-state index in [4.69, 9.17) is 5.11 Å². The van der Waals surface area contributed by atoms with E-state index in [-0.39, 0.29) is 6.54 Å². The summed E-state index contributed by atoms with van der Waals surface area (Å²) in [6.45, 7) is -0.168. The second-order valence-corrected chi connectivity index (χ2v) is 1.75. The van der Waals surface area contributed by atoms with Crippen molar-refractivity contribution >= 4 is 11.8 Å². The van der Waals surface area contributed by atoms with Gasteiger partial charge in [-0.2, -0.15) is 0 Å². The molecule has 0 aliphatic rings. The molecular formula is C5H6N4O2. The van der Waals surface area contributed by atoms with Crippen molar-refractivity contribution in [2.45, 2.75) is 0 Å². The predicted octanol–water partition coefficient (Wildman–Crippen LogP) is -0.632. The molecule has 1 aromatic rings. The van der Waals surface area contributed by atoms with Crippen LogP contribution < -0.4 is 5.32 Å². The zero-order valence-electron chi connectivity index (χ0n) is 5.56. The topological polar surface area (TPSA) is 88.0 Å². The lowest BCUT2D eigenvalue weighted by Crippen LogP contribution is -2.13. The molecule has 0 saturated carbocycles. The van der Waals surface area contributed by atoms with Crippen molar-refractivity contribution < 1.29 is 9.90 Å². The van der Waals surface area contributed by atoms with E-state index in [9.17, 15) is 4.79 Å². The standard InChI is InChI=1S/C5H6N4O2/c10-5(11)3-6-4-1-2-7-9-8-4/h1-2H,3H2,(H,10,11)(H,6,7,8). The third kappa shape index (κ3) is 2.57. The van der Waals surface area contributed by atoms with Crippen LogP contribution in [0.2, 0.25) is 0 Å². The highest BCUT2D eigenvalue weighted by molar-refractivity contribution is 5.72. The number of aliphatic carboxylic acids is 1. The van der Waals surface area contributed by atoms with Crippen LogP contribution in [0.25, 0.3) is 0 Å². The molecule has 0 spiro atoms. The molecule has 11 heavy (non-hydrogen) atoms. The fraction of sp³-hybridized carbons (Fsp3) is 0.200. The van der Waals surface area contributed by atoms with E-state index in [0.717, 1.165) is 0 Å². The number of anilines is 1. The van der Waals surface area contributed by atoms with Gasteiger partial charge in [0.25, 0.3) is 0 Å². The van der Waals surface area contributed by atoms with E-state index in [1.807, 2.05) is 0 Å². The summed E-state index contributed by atoms with van der Waals surface area (Å²) in [7, 11) is 0. The van der Waals surface area contributed by atoms with Crippen LogP contribution in [0.5, 0.6) is 0 Å².